The Morgan fingerprint density at radius 3 is 2.45 bits per heavy atom. The smallest absolute Gasteiger partial charge is 0.322 e. The highest BCUT2D eigenvalue weighted by atomic mass is 35.5. The van der Waals surface area contributed by atoms with Crippen molar-refractivity contribution in [3.8, 4) is 0 Å². The van der Waals surface area contributed by atoms with Gasteiger partial charge in [-0.1, -0.05) is 11.6 Å². The second-order valence-corrected chi connectivity index (χ2v) is 10.8. The minimum absolute atomic E-state index is 0.104. The molecule has 168 valence electrons. The molecule has 1 aliphatic heterocycles. The van der Waals surface area contributed by atoms with Crippen LogP contribution in [0.2, 0.25) is 4.34 Å². The van der Waals surface area contributed by atoms with Gasteiger partial charge in [-0.2, -0.15) is 8.78 Å². The van der Waals surface area contributed by atoms with Gasteiger partial charge in [0.15, 0.2) is 0 Å². The van der Waals surface area contributed by atoms with Crippen LogP contribution in [0.5, 0.6) is 0 Å². The Bertz CT molecular complexity index is 996. The lowest BCUT2D eigenvalue weighted by atomic mass is 9.71. The highest BCUT2D eigenvalue weighted by Crippen LogP contribution is 2.48. The second kappa shape index (κ2) is 7.67. The van der Waals surface area contributed by atoms with Crippen LogP contribution >= 0.6 is 22.9 Å². The molecule has 0 radical (unpaired) electrons. The van der Waals surface area contributed by atoms with Gasteiger partial charge in [0.1, 0.15) is 5.69 Å². The second-order valence-electron chi connectivity index (χ2n) is 9.07. The first-order valence-corrected chi connectivity index (χ1v) is 11.5. The fraction of sp³-hybridized carbons (Fsp3) is 0.545. The fourth-order valence-corrected chi connectivity index (χ4v) is 6.25. The van der Waals surface area contributed by atoms with Gasteiger partial charge >= 0.3 is 6.03 Å². The molecule has 1 spiro atoms. The van der Waals surface area contributed by atoms with Gasteiger partial charge < -0.3 is 5.32 Å². The van der Waals surface area contributed by atoms with E-state index >= 15 is 0 Å². The summed E-state index contributed by atoms with van der Waals surface area (Å²) in [7, 11) is 4.18. The van der Waals surface area contributed by atoms with Crippen molar-refractivity contribution in [3.63, 3.8) is 0 Å². The zero-order chi connectivity index (χ0) is 22.6. The number of nitrogens with one attached hydrogen (secondary N) is 1. The number of hydrogen-bond donors (Lipinski definition) is 1. The third kappa shape index (κ3) is 3.94. The van der Waals surface area contributed by atoms with E-state index in [0.29, 0.717) is 17.8 Å². The number of aryl methyl sites for hydroxylation is 1. The number of nitrogens with zero attached hydrogens (tertiary/aromatic N) is 3. The summed E-state index contributed by atoms with van der Waals surface area (Å²) in [6.07, 6.45) is 4.81. The molecule has 9 heteroatoms. The Morgan fingerprint density at radius 1 is 1.26 bits per heavy atom. The average Bonchev–Trinajstić information content (AvgIpc) is 3.25. The number of amides is 2. The van der Waals surface area contributed by atoms with Gasteiger partial charge in [-0.05, 0) is 70.5 Å². The SMILES string of the molecule is Cc1cc(C(C)(F)F)ncc1N1C[C@]2(CC[C@](c3ccc(Cl)s3)(N(C)C)CC2)NC1=O. The number of hydrogen-bond acceptors (Lipinski definition) is 4. The predicted molar refractivity (Wildman–Crippen MR) is 120 cm³/mol. The Balaban J connectivity index is 1.55. The van der Waals surface area contributed by atoms with Crippen molar-refractivity contribution in [1.29, 1.82) is 0 Å². The minimum Gasteiger partial charge on any atom is -0.330 e. The van der Waals surface area contributed by atoms with Gasteiger partial charge in [0.2, 0.25) is 0 Å². The molecule has 2 aliphatic rings. The maximum Gasteiger partial charge on any atom is 0.322 e. The predicted octanol–water partition coefficient (Wildman–Crippen LogP) is 5.52. The molecular formula is C22H27ClF2N4OS. The van der Waals surface area contributed by atoms with Crippen LogP contribution in [0, 0.1) is 6.92 Å². The van der Waals surface area contributed by atoms with Crippen LogP contribution in [-0.2, 0) is 11.5 Å². The zero-order valence-electron chi connectivity index (χ0n) is 18.1. The van der Waals surface area contributed by atoms with Crippen molar-refractivity contribution < 1.29 is 13.6 Å². The monoisotopic (exact) mass is 468 g/mol. The Labute approximate surface area is 190 Å². The van der Waals surface area contributed by atoms with Crippen LogP contribution < -0.4 is 10.2 Å². The molecule has 0 atom stereocenters. The molecule has 2 amide bonds. The molecule has 2 aromatic heterocycles. The first kappa shape index (κ1) is 22.4. The molecule has 0 bridgehead atoms. The van der Waals surface area contributed by atoms with E-state index in [9.17, 15) is 13.6 Å². The first-order chi connectivity index (χ1) is 14.5. The minimum atomic E-state index is -3.01. The van der Waals surface area contributed by atoms with Crippen molar-refractivity contribution in [2.75, 3.05) is 25.5 Å². The van der Waals surface area contributed by atoms with Crippen molar-refractivity contribution >= 4 is 34.7 Å². The third-order valence-electron chi connectivity index (χ3n) is 6.82. The summed E-state index contributed by atoms with van der Waals surface area (Å²) in [6, 6.07) is 5.21. The van der Waals surface area contributed by atoms with Crippen LogP contribution in [0.3, 0.4) is 0 Å². The highest BCUT2D eigenvalue weighted by Gasteiger charge is 2.51. The van der Waals surface area contributed by atoms with Crippen molar-refractivity contribution in [2.24, 2.45) is 0 Å². The van der Waals surface area contributed by atoms with Gasteiger partial charge in [0.25, 0.3) is 5.92 Å². The molecule has 2 fully saturated rings. The number of pyridine rings is 1. The van der Waals surface area contributed by atoms with Crippen molar-refractivity contribution in [3.05, 3.63) is 44.9 Å². The number of rotatable bonds is 4. The summed E-state index contributed by atoms with van der Waals surface area (Å²) in [4.78, 5) is 21.9. The fourth-order valence-electron chi connectivity index (χ4n) is 4.88. The molecular weight excluding hydrogens is 442 g/mol. The molecule has 4 rings (SSSR count). The van der Waals surface area contributed by atoms with Crippen LogP contribution in [0.15, 0.2) is 24.4 Å². The number of aromatic nitrogens is 1. The summed E-state index contributed by atoms with van der Waals surface area (Å²) in [5.41, 5.74) is 0.471. The molecule has 0 unspecified atom stereocenters. The third-order valence-corrected chi connectivity index (χ3v) is 8.25. The van der Waals surface area contributed by atoms with E-state index in [4.69, 9.17) is 11.6 Å². The molecule has 1 saturated heterocycles. The standard InChI is InChI=1S/C22H27ClF2N4OS/c1-14-11-16(20(2,24)25)26-12-15(14)29-13-21(27-19(29)30)7-9-22(10-8-21,28(3)4)17-5-6-18(23)31-17/h5-6,11-12H,7-10,13H2,1-4H3,(H,27,30)/t21-,22+. The van der Waals surface area contributed by atoms with Crippen LogP contribution in [0.25, 0.3) is 0 Å². The van der Waals surface area contributed by atoms with E-state index in [1.54, 1.807) is 23.2 Å². The number of alkyl halides is 2. The molecule has 1 aliphatic carbocycles. The summed E-state index contributed by atoms with van der Waals surface area (Å²) in [5, 5.41) is 3.19. The van der Waals surface area contributed by atoms with E-state index in [2.05, 4.69) is 35.4 Å². The van der Waals surface area contributed by atoms with E-state index in [1.807, 2.05) is 6.07 Å². The number of carbonyl (C=O) groups excluding carboxylic acids is 1. The Kier molecular flexibility index (Phi) is 5.55. The molecule has 31 heavy (non-hydrogen) atoms. The summed E-state index contributed by atoms with van der Waals surface area (Å²) in [5.74, 6) is -3.01. The number of anilines is 1. The van der Waals surface area contributed by atoms with Crippen molar-refractivity contribution in [2.45, 2.75) is 56.5 Å². The Morgan fingerprint density at radius 2 is 1.94 bits per heavy atom. The lowest BCUT2D eigenvalue weighted by Gasteiger charge is -2.47. The molecule has 3 heterocycles. The summed E-state index contributed by atoms with van der Waals surface area (Å²) >= 11 is 7.82. The lowest BCUT2D eigenvalue weighted by Crippen LogP contribution is -2.53. The normalized spacial score (nSPS) is 26.7. The van der Waals surface area contributed by atoms with E-state index in [1.165, 1.54) is 17.1 Å². The Hall–Kier alpha value is -1.77. The van der Waals surface area contributed by atoms with Gasteiger partial charge in [-0.3, -0.25) is 14.8 Å². The molecule has 0 aromatic carbocycles. The summed E-state index contributed by atoms with van der Waals surface area (Å²) in [6.45, 7) is 3.07. The van der Waals surface area contributed by atoms with Crippen LogP contribution in [-0.4, -0.2) is 42.1 Å². The molecule has 5 nitrogen and oxygen atoms in total. The van der Waals surface area contributed by atoms with Crippen LogP contribution in [0.1, 0.15) is 48.7 Å². The lowest BCUT2D eigenvalue weighted by molar-refractivity contribution is 0.0127. The van der Waals surface area contributed by atoms with Crippen molar-refractivity contribution in [1.82, 2.24) is 15.2 Å². The highest BCUT2D eigenvalue weighted by molar-refractivity contribution is 7.16. The molecule has 1 N–H and O–H groups in total. The number of halogens is 3. The number of carbonyl (C=O) groups is 1. The molecule has 2 aromatic rings. The van der Waals surface area contributed by atoms with Gasteiger partial charge in [0.05, 0.1) is 33.8 Å². The van der Waals surface area contributed by atoms with Gasteiger partial charge in [0, 0.05) is 11.8 Å². The molecule has 1 saturated carbocycles. The zero-order valence-corrected chi connectivity index (χ0v) is 19.7. The van der Waals surface area contributed by atoms with Gasteiger partial charge in [-0.15, -0.1) is 11.3 Å². The average molecular weight is 469 g/mol. The number of thiophene rings is 1. The van der Waals surface area contributed by atoms with E-state index in [-0.39, 0.29) is 22.8 Å². The largest absolute Gasteiger partial charge is 0.330 e. The van der Waals surface area contributed by atoms with E-state index in [0.717, 1.165) is 36.9 Å². The maximum atomic E-state index is 13.6. The van der Waals surface area contributed by atoms with Gasteiger partial charge in [-0.25, -0.2) is 4.79 Å². The maximum absolute atomic E-state index is 13.6. The van der Waals surface area contributed by atoms with Crippen LogP contribution in [0.4, 0.5) is 19.3 Å². The first-order valence-electron chi connectivity index (χ1n) is 10.3. The van der Waals surface area contributed by atoms with E-state index < -0.39 is 5.92 Å². The topological polar surface area (TPSA) is 48.5 Å². The summed E-state index contributed by atoms with van der Waals surface area (Å²) < 4.78 is 28.0. The number of urea groups is 1. The quantitative estimate of drug-likeness (QED) is 0.643.